The molecule has 1 aliphatic carbocycles. The second-order valence-electron chi connectivity index (χ2n) is 5.27. The number of aromatic nitrogens is 2. The monoisotopic (exact) mass is 272 g/mol. The standard InChI is InChI=1S/C16H17ClN2/c1-10-7-8-12(9-11(10)2)16-18-14-6-4-3-5-13(14)15(17)19-16/h7-9H,3-6H2,1-2H3. The fourth-order valence-electron chi connectivity index (χ4n) is 2.56. The number of benzene rings is 1. The Bertz CT molecular complexity index is 635. The van der Waals surface area contributed by atoms with Crippen LogP contribution in [0.15, 0.2) is 18.2 Å². The van der Waals surface area contributed by atoms with Crippen LogP contribution in [0.25, 0.3) is 11.4 Å². The molecule has 1 aliphatic rings. The van der Waals surface area contributed by atoms with Crippen molar-refractivity contribution in [2.24, 2.45) is 0 Å². The normalized spacial score (nSPS) is 14.3. The number of hydrogen-bond donors (Lipinski definition) is 0. The summed E-state index contributed by atoms with van der Waals surface area (Å²) in [4.78, 5) is 9.20. The van der Waals surface area contributed by atoms with Gasteiger partial charge in [-0.1, -0.05) is 23.7 Å². The molecule has 0 radical (unpaired) electrons. The molecule has 1 aromatic heterocycles. The van der Waals surface area contributed by atoms with Crippen molar-refractivity contribution in [3.63, 3.8) is 0 Å². The first kappa shape index (κ1) is 12.6. The fraction of sp³-hybridized carbons (Fsp3) is 0.375. The second-order valence-corrected chi connectivity index (χ2v) is 5.63. The van der Waals surface area contributed by atoms with Gasteiger partial charge in [-0.25, -0.2) is 9.97 Å². The summed E-state index contributed by atoms with van der Waals surface area (Å²) >= 11 is 6.32. The summed E-state index contributed by atoms with van der Waals surface area (Å²) in [5.74, 6) is 0.758. The largest absolute Gasteiger partial charge is 0.233 e. The van der Waals surface area contributed by atoms with Crippen molar-refractivity contribution in [2.45, 2.75) is 39.5 Å². The maximum absolute atomic E-state index is 6.32. The molecule has 0 N–H and O–H groups in total. The maximum atomic E-state index is 6.32. The van der Waals surface area contributed by atoms with Gasteiger partial charge >= 0.3 is 0 Å². The van der Waals surface area contributed by atoms with Gasteiger partial charge in [-0.15, -0.1) is 0 Å². The zero-order chi connectivity index (χ0) is 13.4. The zero-order valence-electron chi connectivity index (χ0n) is 11.3. The van der Waals surface area contributed by atoms with E-state index in [0.717, 1.165) is 35.5 Å². The molecule has 0 unspecified atom stereocenters. The summed E-state index contributed by atoms with van der Waals surface area (Å²) in [5, 5.41) is 0.637. The third-order valence-electron chi connectivity index (χ3n) is 3.90. The van der Waals surface area contributed by atoms with Crippen LogP contribution in [0, 0.1) is 13.8 Å². The summed E-state index contributed by atoms with van der Waals surface area (Å²) in [6.07, 6.45) is 4.43. The number of hydrogen-bond acceptors (Lipinski definition) is 2. The predicted molar refractivity (Wildman–Crippen MR) is 78.6 cm³/mol. The molecule has 0 saturated carbocycles. The van der Waals surface area contributed by atoms with Crippen LogP contribution in [0.3, 0.4) is 0 Å². The first-order valence-electron chi connectivity index (χ1n) is 6.78. The molecular formula is C16H17ClN2. The molecule has 0 spiro atoms. The Morgan fingerprint density at radius 1 is 1.00 bits per heavy atom. The molecular weight excluding hydrogens is 256 g/mol. The SMILES string of the molecule is Cc1ccc(-c2nc(Cl)c3c(n2)CCCC3)cc1C. The van der Waals surface area contributed by atoms with E-state index >= 15 is 0 Å². The van der Waals surface area contributed by atoms with E-state index in [2.05, 4.69) is 37.0 Å². The molecule has 19 heavy (non-hydrogen) atoms. The highest BCUT2D eigenvalue weighted by atomic mass is 35.5. The Balaban J connectivity index is 2.10. The lowest BCUT2D eigenvalue weighted by molar-refractivity contribution is 0.663. The van der Waals surface area contributed by atoms with Crippen molar-refractivity contribution in [3.8, 4) is 11.4 Å². The molecule has 3 rings (SSSR count). The highest BCUT2D eigenvalue weighted by molar-refractivity contribution is 6.30. The average Bonchev–Trinajstić information content (AvgIpc) is 2.42. The smallest absolute Gasteiger partial charge is 0.161 e. The lowest BCUT2D eigenvalue weighted by Crippen LogP contribution is -2.08. The van der Waals surface area contributed by atoms with Gasteiger partial charge in [-0.2, -0.15) is 0 Å². The van der Waals surface area contributed by atoms with Gasteiger partial charge in [0.15, 0.2) is 5.82 Å². The molecule has 0 atom stereocenters. The zero-order valence-corrected chi connectivity index (χ0v) is 12.1. The van der Waals surface area contributed by atoms with Crippen molar-refractivity contribution in [1.29, 1.82) is 0 Å². The Morgan fingerprint density at radius 3 is 2.58 bits per heavy atom. The molecule has 2 nitrogen and oxygen atoms in total. The maximum Gasteiger partial charge on any atom is 0.161 e. The summed E-state index contributed by atoms with van der Waals surface area (Å²) in [5.41, 5.74) is 5.89. The minimum absolute atomic E-state index is 0.637. The first-order chi connectivity index (χ1) is 9.15. The number of halogens is 1. The van der Waals surface area contributed by atoms with Crippen molar-refractivity contribution >= 4 is 11.6 Å². The highest BCUT2D eigenvalue weighted by Gasteiger charge is 2.17. The van der Waals surface area contributed by atoms with E-state index in [9.17, 15) is 0 Å². The molecule has 2 aromatic rings. The van der Waals surface area contributed by atoms with Crippen molar-refractivity contribution in [3.05, 3.63) is 45.7 Å². The highest BCUT2D eigenvalue weighted by Crippen LogP contribution is 2.28. The quantitative estimate of drug-likeness (QED) is 0.724. The van der Waals surface area contributed by atoms with Gasteiger partial charge in [-0.3, -0.25) is 0 Å². The summed E-state index contributed by atoms with van der Waals surface area (Å²) < 4.78 is 0. The first-order valence-corrected chi connectivity index (χ1v) is 7.16. The van der Waals surface area contributed by atoms with E-state index in [4.69, 9.17) is 16.6 Å². The predicted octanol–water partition coefficient (Wildman–Crippen LogP) is 4.29. The molecule has 0 saturated heterocycles. The molecule has 0 amide bonds. The molecule has 0 aliphatic heterocycles. The Hall–Kier alpha value is -1.41. The molecule has 98 valence electrons. The van der Waals surface area contributed by atoms with E-state index in [1.807, 2.05) is 0 Å². The molecule has 3 heteroatoms. The van der Waals surface area contributed by atoms with Crippen molar-refractivity contribution < 1.29 is 0 Å². The van der Waals surface area contributed by atoms with E-state index in [1.165, 1.54) is 24.0 Å². The number of aryl methyl sites for hydroxylation is 3. The molecule has 1 aromatic carbocycles. The van der Waals surface area contributed by atoms with Crippen LogP contribution in [0.4, 0.5) is 0 Å². The van der Waals surface area contributed by atoms with Gasteiger partial charge in [0.05, 0.1) is 0 Å². The molecule has 1 heterocycles. The van der Waals surface area contributed by atoms with Crippen LogP contribution < -0.4 is 0 Å². The van der Waals surface area contributed by atoms with Gasteiger partial charge in [0.1, 0.15) is 5.15 Å². The topological polar surface area (TPSA) is 25.8 Å². The Morgan fingerprint density at radius 2 is 1.79 bits per heavy atom. The van der Waals surface area contributed by atoms with Gasteiger partial charge in [0.25, 0.3) is 0 Å². The van der Waals surface area contributed by atoms with Crippen LogP contribution in [-0.4, -0.2) is 9.97 Å². The van der Waals surface area contributed by atoms with Crippen LogP contribution in [0.5, 0.6) is 0 Å². The lowest BCUT2D eigenvalue weighted by Gasteiger charge is -2.16. The van der Waals surface area contributed by atoms with Gasteiger partial charge in [-0.05, 0) is 56.7 Å². The van der Waals surface area contributed by atoms with E-state index in [0.29, 0.717) is 5.15 Å². The molecule has 0 fully saturated rings. The van der Waals surface area contributed by atoms with Crippen LogP contribution in [-0.2, 0) is 12.8 Å². The number of fused-ring (bicyclic) bond motifs is 1. The third-order valence-corrected chi connectivity index (χ3v) is 4.21. The van der Waals surface area contributed by atoms with E-state index < -0.39 is 0 Å². The average molecular weight is 273 g/mol. The summed E-state index contributed by atoms with van der Waals surface area (Å²) in [6, 6.07) is 6.32. The number of rotatable bonds is 1. The van der Waals surface area contributed by atoms with Gasteiger partial charge < -0.3 is 0 Å². The Labute approximate surface area is 118 Å². The summed E-state index contributed by atoms with van der Waals surface area (Å²) in [6.45, 7) is 4.22. The number of nitrogens with zero attached hydrogens (tertiary/aromatic N) is 2. The van der Waals surface area contributed by atoms with Crippen molar-refractivity contribution in [2.75, 3.05) is 0 Å². The summed E-state index contributed by atoms with van der Waals surface area (Å²) in [7, 11) is 0. The minimum atomic E-state index is 0.637. The van der Waals surface area contributed by atoms with E-state index in [-0.39, 0.29) is 0 Å². The van der Waals surface area contributed by atoms with Crippen LogP contribution >= 0.6 is 11.6 Å². The minimum Gasteiger partial charge on any atom is -0.233 e. The fourth-order valence-corrected chi connectivity index (χ4v) is 2.84. The van der Waals surface area contributed by atoms with Crippen LogP contribution in [0.2, 0.25) is 5.15 Å². The van der Waals surface area contributed by atoms with Gasteiger partial charge in [0.2, 0.25) is 0 Å². The van der Waals surface area contributed by atoms with Gasteiger partial charge in [0, 0.05) is 16.8 Å². The van der Waals surface area contributed by atoms with Crippen LogP contribution in [0.1, 0.15) is 35.2 Å². The lowest BCUT2D eigenvalue weighted by atomic mass is 9.97. The second kappa shape index (κ2) is 4.93. The third kappa shape index (κ3) is 2.37. The Kier molecular flexibility index (Phi) is 3.28. The van der Waals surface area contributed by atoms with Crippen molar-refractivity contribution in [1.82, 2.24) is 9.97 Å². The molecule has 0 bridgehead atoms. The van der Waals surface area contributed by atoms with E-state index in [1.54, 1.807) is 0 Å².